The molecule has 2 aliphatic heterocycles. The first-order valence-electron chi connectivity index (χ1n) is 12.4. The Balaban J connectivity index is 1.37. The van der Waals surface area contributed by atoms with Crippen LogP contribution in [0.25, 0.3) is 5.70 Å². The number of guanidine groups is 1. The van der Waals surface area contributed by atoms with Crippen molar-refractivity contribution in [1.82, 2.24) is 21.3 Å². The molecule has 1 unspecified atom stereocenters. The average Bonchev–Trinajstić information content (AvgIpc) is 3.64. The monoisotopic (exact) mass is 458 g/mol. The second-order valence-corrected chi connectivity index (χ2v) is 9.41. The number of hydrogen-bond acceptors (Lipinski definition) is 4. The third kappa shape index (κ3) is 5.25. The molecule has 1 aliphatic carbocycles. The van der Waals surface area contributed by atoms with Crippen molar-refractivity contribution < 1.29 is 4.79 Å². The van der Waals surface area contributed by atoms with E-state index in [1.807, 2.05) is 24.3 Å². The number of nitrogens with one attached hydrogen (secondary N) is 5. The van der Waals surface area contributed by atoms with Gasteiger partial charge in [-0.3, -0.25) is 4.79 Å². The molecule has 3 fully saturated rings. The van der Waals surface area contributed by atoms with E-state index < -0.39 is 0 Å². The molecule has 1 amide bonds. The van der Waals surface area contributed by atoms with Crippen molar-refractivity contribution >= 4 is 28.9 Å². The van der Waals surface area contributed by atoms with Crippen molar-refractivity contribution in [1.29, 1.82) is 0 Å². The molecule has 3 aliphatic rings. The van der Waals surface area contributed by atoms with E-state index in [1.54, 1.807) is 0 Å². The summed E-state index contributed by atoms with van der Waals surface area (Å²) >= 11 is 0. The second kappa shape index (κ2) is 10.3. The molecule has 2 aromatic rings. The molecule has 1 atom stereocenters. The maximum atomic E-state index is 12.7. The van der Waals surface area contributed by atoms with Crippen LogP contribution in [0.1, 0.15) is 59.5 Å². The molecular formula is C27H34N6O. The first kappa shape index (κ1) is 22.5. The van der Waals surface area contributed by atoms with E-state index in [0.29, 0.717) is 11.5 Å². The van der Waals surface area contributed by atoms with Gasteiger partial charge in [-0.25, -0.2) is 4.99 Å². The van der Waals surface area contributed by atoms with Gasteiger partial charge in [0, 0.05) is 48.2 Å². The standard InChI is InChI=1S/C27H34N6O/c1-18(31-27-29-13-14-30-27)20-9-10-25(24(16-20)19-5-2-3-6-19)32-22-8-4-7-21(15-22)26(34)33-23-11-12-28-17-23/h4,7-10,15-16,19,23,28,32H,1-3,5-6,11-14,17H2,(H,33,34)(H2,29,30,31). The Bertz CT molecular complexity index is 1070. The van der Waals surface area contributed by atoms with E-state index in [0.717, 1.165) is 61.2 Å². The number of amides is 1. The summed E-state index contributed by atoms with van der Waals surface area (Å²) in [6.07, 6.45) is 5.89. The van der Waals surface area contributed by atoms with Crippen LogP contribution in [0, 0.1) is 0 Å². The van der Waals surface area contributed by atoms with Crippen LogP contribution in [-0.4, -0.2) is 44.1 Å². The lowest BCUT2D eigenvalue weighted by atomic mass is 9.93. The third-order valence-electron chi connectivity index (χ3n) is 6.94. The Morgan fingerprint density at radius 2 is 1.79 bits per heavy atom. The fourth-order valence-corrected chi connectivity index (χ4v) is 5.07. The summed E-state index contributed by atoms with van der Waals surface area (Å²) < 4.78 is 0. The minimum Gasteiger partial charge on any atom is -0.355 e. The molecule has 0 radical (unpaired) electrons. The SMILES string of the molecule is C=C(N=C1NCCN1)c1ccc(Nc2cccc(C(=O)NC3CCNC3)c2)c(C2CCCC2)c1. The molecule has 1 saturated carbocycles. The molecule has 0 aromatic heterocycles. The van der Waals surface area contributed by atoms with E-state index >= 15 is 0 Å². The van der Waals surface area contributed by atoms with Gasteiger partial charge in [0.2, 0.25) is 0 Å². The Hall–Kier alpha value is -3.32. The van der Waals surface area contributed by atoms with Crippen LogP contribution in [0.4, 0.5) is 11.4 Å². The summed E-state index contributed by atoms with van der Waals surface area (Å²) in [5.74, 6) is 1.29. The van der Waals surface area contributed by atoms with E-state index in [-0.39, 0.29) is 11.9 Å². The summed E-state index contributed by atoms with van der Waals surface area (Å²) in [6.45, 7) is 7.77. The molecule has 2 heterocycles. The van der Waals surface area contributed by atoms with E-state index in [4.69, 9.17) is 0 Å². The highest BCUT2D eigenvalue weighted by atomic mass is 16.1. The van der Waals surface area contributed by atoms with Crippen molar-refractivity contribution in [2.45, 2.75) is 44.1 Å². The minimum absolute atomic E-state index is 0.0201. The molecule has 0 spiro atoms. The van der Waals surface area contributed by atoms with Crippen LogP contribution >= 0.6 is 0 Å². The average molecular weight is 459 g/mol. The lowest BCUT2D eigenvalue weighted by Crippen LogP contribution is -2.36. The van der Waals surface area contributed by atoms with Gasteiger partial charge >= 0.3 is 0 Å². The quantitative estimate of drug-likeness (QED) is 0.437. The predicted molar refractivity (Wildman–Crippen MR) is 139 cm³/mol. The van der Waals surface area contributed by atoms with Crippen LogP contribution in [0.5, 0.6) is 0 Å². The normalized spacial score (nSPS) is 20.0. The van der Waals surface area contributed by atoms with Crippen LogP contribution in [0.2, 0.25) is 0 Å². The van der Waals surface area contributed by atoms with Gasteiger partial charge in [0.25, 0.3) is 5.91 Å². The van der Waals surface area contributed by atoms with Gasteiger partial charge in [-0.2, -0.15) is 0 Å². The van der Waals surface area contributed by atoms with Crippen molar-refractivity contribution in [2.24, 2.45) is 4.99 Å². The zero-order valence-electron chi connectivity index (χ0n) is 19.6. The van der Waals surface area contributed by atoms with Gasteiger partial charge in [-0.05, 0) is 67.6 Å². The van der Waals surface area contributed by atoms with Crippen LogP contribution < -0.4 is 26.6 Å². The van der Waals surface area contributed by atoms with Crippen molar-refractivity contribution in [3.8, 4) is 0 Å². The molecule has 5 N–H and O–H groups in total. The molecule has 0 bridgehead atoms. The fourth-order valence-electron chi connectivity index (χ4n) is 5.07. The number of carbonyl (C=O) groups excluding carboxylic acids is 1. The Kier molecular flexibility index (Phi) is 6.81. The zero-order chi connectivity index (χ0) is 23.3. The van der Waals surface area contributed by atoms with E-state index in [1.165, 1.54) is 31.2 Å². The first-order chi connectivity index (χ1) is 16.7. The molecule has 178 valence electrons. The number of nitrogens with zero attached hydrogens (tertiary/aromatic N) is 1. The molecule has 7 heteroatoms. The number of anilines is 2. The number of rotatable bonds is 7. The van der Waals surface area contributed by atoms with Gasteiger partial charge in [0.1, 0.15) is 0 Å². The summed E-state index contributed by atoms with van der Waals surface area (Å²) in [4.78, 5) is 17.4. The third-order valence-corrected chi connectivity index (χ3v) is 6.94. The van der Waals surface area contributed by atoms with Gasteiger partial charge in [-0.1, -0.05) is 31.6 Å². The zero-order valence-corrected chi connectivity index (χ0v) is 19.6. The van der Waals surface area contributed by atoms with Crippen molar-refractivity contribution in [3.05, 3.63) is 65.7 Å². The first-order valence-corrected chi connectivity index (χ1v) is 12.4. The molecule has 2 aromatic carbocycles. The number of carbonyl (C=O) groups is 1. The minimum atomic E-state index is -0.0201. The molecule has 7 nitrogen and oxygen atoms in total. The molecular weight excluding hydrogens is 424 g/mol. The van der Waals surface area contributed by atoms with Gasteiger partial charge in [-0.15, -0.1) is 0 Å². The molecule has 5 rings (SSSR count). The predicted octanol–water partition coefficient (Wildman–Crippen LogP) is 3.70. The highest BCUT2D eigenvalue weighted by Crippen LogP contribution is 2.40. The second-order valence-electron chi connectivity index (χ2n) is 9.41. The van der Waals surface area contributed by atoms with Crippen LogP contribution in [-0.2, 0) is 0 Å². The van der Waals surface area contributed by atoms with E-state index in [2.05, 4.69) is 56.4 Å². The maximum absolute atomic E-state index is 12.7. The highest BCUT2D eigenvalue weighted by molar-refractivity contribution is 5.95. The van der Waals surface area contributed by atoms with Gasteiger partial charge in [0.15, 0.2) is 5.96 Å². The Morgan fingerprint density at radius 3 is 2.56 bits per heavy atom. The largest absolute Gasteiger partial charge is 0.355 e. The van der Waals surface area contributed by atoms with Crippen molar-refractivity contribution in [3.63, 3.8) is 0 Å². The van der Waals surface area contributed by atoms with Crippen LogP contribution in [0.3, 0.4) is 0 Å². The number of hydrogen-bond donors (Lipinski definition) is 5. The summed E-state index contributed by atoms with van der Waals surface area (Å²) in [7, 11) is 0. The molecule has 34 heavy (non-hydrogen) atoms. The fraction of sp³-hybridized carbons (Fsp3) is 0.407. The van der Waals surface area contributed by atoms with Gasteiger partial charge in [0.05, 0.1) is 5.70 Å². The number of benzene rings is 2. The van der Waals surface area contributed by atoms with Crippen molar-refractivity contribution in [2.75, 3.05) is 31.5 Å². The number of aliphatic imine (C=N–C) groups is 1. The smallest absolute Gasteiger partial charge is 0.251 e. The Labute approximate surface area is 201 Å². The lowest BCUT2D eigenvalue weighted by molar-refractivity contribution is 0.0940. The Morgan fingerprint density at radius 1 is 0.971 bits per heavy atom. The topological polar surface area (TPSA) is 89.6 Å². The molecule has 2 saturated heterocycles. The summed E-state index contributed by atoms with van der Waals surface area (Å²) in [5.41, 5.74) is 5.78. The summed E-state index contributed by atoms with van der Waals surface area (Å²) in [5, 5.41) is 16.5. The van der Waals surface area contributed by atoms with Crippen LogP contribution in [0.15, 0.2) is 54.0 Å². The summed E-state index contributed by atoms with van der Waals surface area (Å²) in [6, 6.07) is 14.4. The van der Waals surface area contributed by atoms with E-state index in [9.17, 15) is 4.79 Å². The lowest BCUT2D eigenvalue weighted by Gasteiger charge is -2.19. The maximum Gasteiger partial charge on any atom is 0.251 e. The van der Waals surface area contributed by atoms with Gasteiger partial charge < -0.3 is 26.6 Å². The highest BCUT2D eigenvalue weighted by Gasteiger charge is 2.22.